The topological polar surface area (TPSA) is 309 Å². The number of carbonyl (C=O) groups is 12. The summed E-state index contributed by atoms with van der Waals surface area (Å²) >= 11 is 0. The van der Waals surface area contributed by atoms with Crippen LogP contribution < -0.4 is 16.0 Å². The fraction of sp³-hybridized carbons (Fsp3) is 0.746. The number of nitrogens with zero attached hydrogens (tertiary/aromatic N) is 9. The van der Waals surface area contributed by atoms with Crippen LogP contribution in [0.5, 0.6) is 0 Å². The highest BCUT2D eigenvalue weighted by atomic mass is 19.4. The molecule has 8 atom stereocenters. The Labute approximate surface area is 599 Å². The van der Waals surface area contributed by atoms with Crippen LogP contribution >= 0.6 is 0 Å². The quantitative estimate of drug-likeness (QED) is 0.114. The van der Waals surface area contributed by atoms with Crippen molar-refractivity contribution in [2.75, 3.05) is 116 Å². The lowest BCUT2D eigenvalue weighted by Gasteiger charge is -2.40. The Hall–Kier alpha value is -7.54. The summed E-state index contributed by atoms with van der Waals surface area (Å²) in [6.45, 7) is 17.3. The van der Waals surface area contributed by atoms with E-state index in [0.717, 1.165) is 53.8 Å². The monoisotopic (exact) mass is 1450 g/mol. The predicted molar refractivity (Wildman–Crippen MR) is 372 cm³/mol. The number of halogens is 4. The third-order valence-electron chi connectivity index (χ3n) is 18.6. The lowest BCUT2D eigenvalue weighted by molar-refractivity contribution is -0.155. The first-order valence-electron chi connectivity index (χ1n) is 35.2. The lowest BCUT2D eigenvalue weighted by Crippen LogP contribution is -2.64. The number of rotatable bonds is 19. The van der Waals surface area contributed by atoms with Crippen molar-refractivity contribution < 1.29 is 89.7 Å². The number of alkyl halides is 3. The van der Waals surface area contributed by atoms with E-state index in [1.54, 1.807) is 32.6 Å². The van der Waals surface area contributed by atoms with E-state index in [1.807, 2.05) is 27.7 Å². The van der Waals surface area contributed by atoms with E-state index in [2.05, 4.69) is 16.0 Å². The first-order chi connectivity index (χ1) is 47.2. The minimum atomic E-state index is -5.06. The number of amides is 12. The average Bonchev–Trinajstić information content (AvgIpc) is 0.801. The molecule has 12 amide bonds. The van der Waals surface area contributed by atoms with Crippen molar-refractivity contribution in [2.24, 2.45) is 23.7 Å². The minimum absolute atomic E-state index is 0.00828. The van der Waals surface area contributed by atoms with Crippen molar-refractivity contribution in [3.63, 3.8) is 0 Å². The molecule has 102 heavy (non-hydrogen) atoms. The normalized spacial score (nSPS) is 23.6. The zero-order valence-electron chi connectivity index (χ0n) is 63.7. The van der Waals surface area contributed by atoms with Gasteiger partial charge in [0.25, 0.3) is 0 Å². The summed E-state index contributed by atoms with van der Waals surface area (Å²) in [4.78, 5) is 187. The second kappa shape index (κ2) is 39.4. The molecule has 0 aromatic heterocycles. The van der Waals surface area contributed by atoms with Gasteiger partial charge in [-0.2, -0.15) is 13.2 Å². The second-order valence-corrected chi connectivity index (χ2v) is 29.9. The number of ether oxygens (including phenoxy) is 2. The highest BCUT2D eigenvalue weighted by Gasteiger charge is 2.45. The van der Waals surface area contributed by atoms with Crippen LogP contribution in [-0.2, 0) is 79.6 Å². The Morgan fingerprint density at radius 1 is 0.627 bits per heavy atom. The summed E-state index contributed by atoms with van der Waals surface area (Å²) in [7, 11) is 10.3. The first kappa shape index (κ1) is 88.7. The van der Waals surface area contributed by atoms with E-state index >= 15 is 18.8 Å². The van der Waals surface area contributed by atoms with Gasteiger partial charge in [0, 0.05) is 76.1 Å². The van der Waals surface area contributed by atoms with Crippen LogP contribution in [0.3, 0.4) is 0 Å². The second-order valence-electron chi connectivity index (χ2n) is 29.9. The molecule has 2 saturated heterocycles. The smallest absolute Gasteiger partial charge is 0.388 e. The molecule has 1 aromatic rings. The number of likely N-dealkylation sites (tertiary alicyclic amines) is 1. The van der Waals surface area contributed by atoms with E-state index in [1.165, 1.54) is 81.9 Å². The van der Waals surface area contributed by atoms with Crippen molar-refractivity contribution in [3.05, 3.63) is 35.1 Å². The molecule has 0 bridgehead atoms. The molecule has 4 N–H and O–H groups in total. The molecule has 2 heterocycles. The molecule has 2 fully saturated rings. The molecule has 27 nitrogen and oxygen atoms in total. The van der Waals surface area contributed by atoms with Crippen molar-refractivity contribution >= 4 is 70.9 Å². The van der Waals surface area contributed by atoms with Gasteiger partial charge in [-0.1, -0.05) is 67.9 Å². The molecule has 1 aromatic carbocycles. The van der Waals surface area contributed by atoms with Crippen LogP contribution in [0.1, 0.15) is 152 Å². The van der Waals surface area contributed by atoms with Crippen LogP contribution in [0.4, 0.5) is 17.6 Å². The molecule has 0 aliphatic carbocycles. The number of hydrogen-bond donors (Lipinski definition) is 4. The van der Waals surface area contributed by atoms with E-state index in [9.17, 15) is 61.4 Å². The first-order valence-corrected chi connectivity index (χ1v) is 35.2. The van der Waals surface area contributed by atoms with Gasteiger partial charge in [0.05, 0.1) is 57.0 Å². The summed E-state index contributed by atoms with van der Waals surface area (Å²) in [5.41, 5.74) is -5.07. The summed E-state index contributed by atoms with van der Waals surface area (Å²) < 4.78 is 67.9. The van der Waals surface area contributed by atoms with Gasteiger partial charge < -0.3 is 74.6 Å². The Kier molecular flexibility index (Phi) is 34.2. The van der Waals surface area contributed by atoms with Gasteiger partial charge in [0.15, 0.2) is 0 Å². The molecular formula is C71H116F4N12O15. The van der Waals surface area contributed by atoms with Gasteiger partial charge in [-0.3, -0.25) is 57.5 Å². The maximum Gasteiger partial charge on any atom is 0.419 e. The summed E-state index contributed by atoms with van der Waals surface area (Å²) in [6.07, 6.45) is -3.43. The zero-order chi connectivity index (χ0) is 77.8. The Morgan fingerprint density at radius 2 is 1.19 bits per heavy atom. The standard InChI is InChI=1S/C71H116F4N12O15/c1-21-46(8)60-67(98)81(15)38-58(90)79(13)39-59(91)83(17)55(41-101-32-29-43(2)3)64(95)80(14)37-56(88)76-50(28-26-47-25-27-48(49(72)35-47)71(73,74)75)63(94)85(19)54(40-102-42-69(9,10)100)62(93)78-70(11,12)68(99)86(20)52(34-45(6)7)65(96)84(18)53(66(97)87-30-23-22-24-31-87)36-57(89)82(16)51(33-44(4)5)61(92)77-60/h25,27,35,43-46,50-55,60,100H,21-24,26,28-34,36-42H2,1-20H3,(H,76,88)(H,77,92)(H,78,93)/t46-,50-,51-,52-,53?,54-,55-,60-/m0/s1. The molecule has 31 heteroatoms. The number of aliphatic hydroxyl groups is 1. The molecule has 2 aliphatic heterocycles. The number of nitrogens with one attached hydrogen (secondary N) is 3. The Bertz CT molecular complexity index is 3070. The van der Waals surface area contributed by atoms with Gasteiger partial charge in [0.1, 0.15) is 53.6 Å². The number of piperidine rings is 1. The van der Waals surface area contributed by atoms with Gasteiger partial charge in [-0.05, 0) is 120 Å². The third-order valence-corrected chi connectivity index (χ3v) is 18.6. The van der Waals surface area contributed by atoms with E-state index in [0.29, 0.717) is 50.9 Å². The van der Waals surface area contributed by atoms with Gasteiger partial charge >= 0.3 is 6.18 Å². The van der Waals surface area contributed by atoms with Crippen LogP contribution in [-0.4, -0.2) is 289 Å². The lowest BCUT2D eigenvalue weighted by atomic mass is 9.95. The summed E-state index contributed by atoms with van der Waals surface area (Å²) in [6, 6.07) is -8.11. The highest BCUT2D eigenvalue weighted by molar-refractivity contribution is 6.00. The Morgan fingerprint density at radius 3 is 1.74 bits per heavy atom. The van der Waals surface area contributed by atoms with Crippen molar-refractivity contribution in [1.82, 2.24) is 60.0 Å². The fourth-order valence-electron chi connectivity index (χ4n) is 11.9. The van der Waals surface area contributed by atoms with Gasteiger partial charge in [-0.25, -0.2) is 4.39 Å². The van der Waals surface area contributed by atoms with E-state index in [-0.39, 0.29) is 49.2 Å². The van der Waals surface area contributed by atoms with Crippen LogP contribution in [0, 0.1) is 29.5 Å². The minimum Gasteiger partial charge on any atom is -0.388 e. The predicted octanol–water partition coefficient (Wildman–Crippen LogP) is 3.56. The molecule has 2 aliphatic rings. The zero-order valence-corrected chi connectivity index (χ0v) is 63.7. The molecule has 1 unspecified atom stereocenters. The Balaban J connectivity index is 2.37. The van der Waals surface area contributed by atoms with E-state index < -0.39 is 200 Å². The average molecular weight is 1450 g/mol. The SMILES string of the molecule is CC[C@H](C)[C@@H]1NC(=O)[C@H](CC(C)C)N(C)C(=O)CC(C(=O)N2CCCCC2)N(C)C(=O)[C@H](CC(C)C)N(C)C(=O)C(C)(C)NC(=O)[C@H](COCC(C)(C)O)N(C)C(=O)[C@H](CCc2ccc(C(F)(F)F)c(F)c2)NC(=O)CN(C)C(=O)[C@H](COCCC(C)C)N(C)C(=O)CN(C)C(=O)CN(C)C1=O. The number of hydrogen-bond acceptors (Lipinski definition) is 15. The van der Waals surface area contributed by atoms with Crippen LogP contribution in [0.25, 0.3) is 0 Å². The number of benzene rings is 1. The number of aryl methyl sites for hydroxylation is 1. The largest absolute Gasteiger partial charge is 0.419 e. The number of carbonyl (C=O) groups excluding carboxylic acids is 12. The third kappa shape index (κ3) is 26.3. The maximum absolute atomic E-state index is 15.4. The van der Waals surface area contributed by atoms with E-state index in [4.69, 9.17) is 9.47 Å². The highest BCUT2D eigenvalue weighted by Crippen LogP contribution is 2.32. The van der Waals surface area contributed by atoms with Crippen molar-refractivity contribution in [3.8, 4) is 0 Å². The molecule has 0 saturated carbocycles. The maximum atomic E-state index is 15.4. The summed E-state index contributed by atoms with van der Waals surface area (Å²) in [5, 5.41) is 18.8. The number of likely N-dealkylation sites (N-methyl/N-ethyl adjacent to an activating group) is 8. The van der Waals surface area contributed by atoms with Crippen molar-refractivity contribution in [2.45, 2.75) is 207 Å². The molecule has 578 valence electrons. The fourth-order valence-corrected chi connectivity index (χ4v) is 11.9. The molecule has 0 radical (unpaired) electrons. The van der Waals surface area contributed by atoms with Crippen molar-refractivity contribution in [1.29, 1.82) is 0 Å². The van der Waals surface area contributed by atoms with Gasteiger partial charge in [-0.15, -0.1) is 0 Å². The van der Waals surface area contributed by atoms with Gasteiger partial charge in [0.2, 0.25) is 70.9 Å². The van der Waals surface area contributed by atoms with Crippen LogP contribution in [0.2, 0.25) is 0 Å². The molecular weight excluding hydrogens is 1340 g/mol. The molecule has 0 spiro atoms. The summed E-state index contributed by atoms with van der Waals surface area (Å²) in [5.74, 6) is -12.3. The van der Waals surface area contributed by atoms with Crippen LogP contribution in [0.15, 0.2) is 18.2 Å². The molecule has 3 rings (SSSR count).